The first kappa shape index (κ1) is 24.1. The van der Waals surface area contributed by atoms with Gasteiger partial charge in [0.1, 0.15) is 37.8 Å². The number of carbonyl (C=O) groups is 2. The predicted molar refractivity (Wildman–Crippen MR) is 122 cm³/mol. The minimum absolute atomic E-state index is 0.166. The van der Waals surface area contributed by atoms with Crippen LogP contribution in [0, 0.1) is 13.8 Å². The number of hydrogen-bond acceptors (Lipinski definition) is 4. The van der Waals surface area contributed by atoms with Crippen molar-refractivity contribution in [2.24, 2.45) is 0 Å². The van der Waals surface area contributed by atoms with Crippen LogP contribution >= 0.6 is 0 Å². The third-order valence-electron chi connectivity index (χ3n) is 4.47. The molecule has 6 nitrogen and oxygen atoms in total. The van der Waals surface area contributed by atoms with Gasteiger partial charge in [0.15, 0.2) is 11.6 Å². The smallest absolute Gasteiger partial charge is 0.163 e. The van der Waals surface area contributed by atoms with Crippen molar-refractivity contribution in [2.45, 2.75) is 20.3 Å². The van der Waals surface area contributed by atoms with Crippen LogP contribution in [0.4, 0.5) is 0 Å². The predicted octanol–water partition coefficient (Wildman–Crippen LogP) is 1.80. The molecule has 164 valence electrons. The molecule has 0 unspecified atom stereocenters. The molecule has 0 heterocycles. The maximum absolute atomic E-state index is 12.1. The zero-order valence-corrected chi connectivity index (χ0v) is 18.4. The van der Waals surface area contributed by atoms with E-state index >= 15 is 0 Å². The van der Waals surface area contributed by atoms with E-state index in [4.69, 9.17) is 9.47 Å². The molecule has 0 radical (unpaired) electrons. The number of carbonyl (C=O) groups excluding carboxylic acids is 2. The van der Waals surface area contributed by atoms with Gasteiger partial charge in [-0.25, -0.2) is 0 Å². The van der Waals surface area contributed by atoms with Crippen molar-refractivity contribution in [1.29, 1.82) is 0 Å². The molecule has 0 aliphatic rings. The normalized spacial score (nSPS) is 11.2. The van der Waals surface area contributed by atoms with Gasteiger partial charge in [0.25, 0.3) is 0 Å². The summed E-state index contributed by atoms with van der Waals surface area (Å²) in [6, 6.07) is 11.4. The fourth-order valence-electron chi connectivity index (χ4n) is 2.91. The highest BCUT2D eigenvalue weighted by atomic mass is 16.5. The Morgan fingerprint density at radius 2 is 1.19 bits per heavy atom. The second-order valence-corrected chi connectivity index (χ2v) is 7.23. The lowest BCUT2D eigenvalue weighted by Crippen LogP contribution is -2.52. The average molecular weight is 425 g/mol. The second-order valence-electron chi connectivity index (χ2n) is 7.23. The summed E-state index contributed by atoms with van der Waals surface area (Å²) in [6.45, 7) is 6.44. The van der Waals surface area contributed by atoms with Crippen LogP contribution in [0.25, 0.3) is 12.2 Å². The molecule has 0 atom stereocenters. The lowest BCUT2D eigenvalue weighted by Gasteiger charge is -2.07. The maximum atomic E-state index is 12.1. The number of allylic oxidation sites excluding steroid dienone is 2. The summed E-state index contributed by atoms with van der Waals surface area (Å²) in [5, 5.41) is 0. The SMILES string of the molecule is Cc1cc(/C=C/C(=O)CC(=O)/C=C/c2ccc(OCC[NH3+])c(C)c2)ccc1OCC[NH3+]. The van der Waals surface area contributed by atoms with Gasteiger partial charge < -0.3 is 20.9 Å². The summed E-state index contributed by atoms with van der Waals surface area (Å²) in [5.41, 5.74) is 11.2. The quantitative estimate of drug-likeness (QED) is 0.400. The monoisotopic (exact) mass is 424 g/mol. The Bertz CT molecular complexity index is 886. The minimum Gasteiger partial charge on any atom is -0.487 e. The van der Waals surface area contributed by atoms with E-state index in [2.05, 4.69) is 11.5 Å². The van der Waals surface area contributed by atoms with E-state index in [0.717, 1.165) is 33.8 Å². The molecule has 2 aromatic rings. The maximum Gasteiger partial charge on any atom is 0.163 e. The number of ether oxygens (including phenoxy) is 2. The Hall–Kier alpha value is -3.22. The first-order valence-corrected chi connectivity index (χ1v) is 10.4. The number of rotatable bonds is 12. The molecule has 0 aliphatic carbocycles. The van der Waals surface area contributed by atoms with Crippen molar-refractivity contribution in [3.05, 3.63) is 70.8 Å². The number of benzene rings is 2. The van der Waals surface area contributed by atoms with E-state index in [1.165, 1.54) is 12.2 Å². The van der Waals surface area contributed by atoms with Crippen LogP contribution in [0.5, 0.6) is 11.5 Å². The summed E-state index contributed by atoms with van der Waals surface area (Å²) in [4.78, 5) is 24.3. The molecule has 0 saturated carbocycles. The highest BCUT2D eigenvalue weighted by molar-refractivity contribution is 6.10. The van der Waals surface area contributed by atoms with Gasteiger partial charge in [0, 0.05) is 0 Å². The Kier molecular flexibility index (Phi) is 9.68. The first-order chi connectivity index (χ1) is 14.9. The molecular weight excluding hydrogens is 392 g/mol. The molecule has 0 amide bonds. The van der Waals surface area contributed by atoms with Crippen molar-refractivity contribution >= 4 is 23.7 Å². The highest BCUT2D eigenvalue weighted by Gasteiger charge is 2.05. The Morgan fingerprint density at radius 3 is 1.55 bits per heavy atom. The molecule has 0 fully saturated rings. The van der Waals surface area contributed by atoms with Crippen LogP contribution in [-0.4, -0.2) is 37.9 Å². The van der Waals surface area contributed by atoms with Crippen molar-refractivity contribution in [3.8, 4) is 11.5 Å². The minimum atomic E-state index is -0.238. The number of aryl methyl sites for hydroxylation is 2. The van der Waals surface area contributed by atoms with E-state index in [0.29, 0.717) is 26.3 Å². The molecule has 6 heteroatoms. The largest absolute Gasteiger partial charge is 0.487 e. The van der Waals surface area contributed by atoms with Gasteiger partial charge in [-0.2, -0.15) is 0 Å². The van der Waals surface area contributed by atoms with Gasteiger partial charge in [-0.1, -0.05) is 24.3 Å². The molecule has 0 aromatic heterocycles. The summed E-state index contributed by atoms with van der Waals surface area (Å²) < 4.78 is 11.2. The topological polar surface area (TPSA) is 108 Å². The molecule has 31 heavy (non-hydrogen) atoms. The van der Waals surface area contributed by atoms with E-state index < -0.39 is 0 Å². The lowest BCUT2D eigenvalue weighted by atomic mass is 10.1. The molecule has 0 spiro atoms. The first-order valence-electron chi connectivity index (χ1n) is 10.4. The molecule has 2 rings (SSSR count). The van der Waals surface area contributed by atoms with E-state index in [-0.39, 0.29) is 18.0 Å². The fourth-order valence-corrected chi connectivity index (χ4v) is 2.91. The number of hydrogen-bond donors (Lipinski definition) is 2. The lowest BCUT2D eigenvalue weighted by molar-refractivity contribution is -0.371. The Balaban J connectivity index is 1.90. The van der Waals surface area contributed by atoms with Crippen LogP contribution in [0.3, 0.4) is 0 Å². The van der Waals surface area contributed by atoms with Crippen LogP contribution in [0.15, 0.2) is 48.6 Å². The van der Waals surface area contributed by atoms with Gasteiger partial charge in [-0.05, 0) is 72.5 Å². The zero-order valence-electron chi connectivity index (χ0n) is 18.4. The van der Waals surface area contributed by atoms with Crippen LogP contribution in [-0.2, 0) is 9.59 Å². The highest BCUT2D eigenvalue weighted by Crippen LogP contribution is 2.21. The molecule has 0 aliphatic heterocycles. The molecule has 6 N–H and O–H groups in total. The van der Waals surface area contributed by atoms with Gasteiger partial charge in [0.05, 0.1) is 6.42 Å². The fraction of sp³-hybridized carbons (Fsp3) is 0.280. The van der Waals surface area contributed by atoms with Crippen molar-refractivity contribution in [1.82, 2.24) is 0 Å². The number of ketones is 2. The molecule has 0 saturated heterocycles. The zero-order chi connectivity index (χ0) is 22.6. The van der Waals surface area contributed by atoms with E-state index in [1.807, 2.05) is 50.2 Å². The van der Waals surface area contributed by atoms with Gasteiger partial charge >= 0.3 is 0 Å². The summed E-state index contributed by atoms with van der Waals surface area (Å²) >= 11 is 0. The van der Waals surface area contributed by atoms with Gasteiger partial charge in [0.2, 0.25) is 0 Å². The van der Waals surface area contributed by atoms with Crippen molar-refractivity contribution in [3.63, 3.8) is 0 Å². The van der Waals surface area contributed by atoms with Gasteiger partial charge in [-0.3, -0.25) is 9.59 Å². The van der Waals surface area contributed by atoms with Crippen LogP contribution in [0.2, 0.25) is 0 Å². The van der Waals surface area contributed by atoms with Crippen LogP contribution in [0.1, 0.15) is 28.7 Å². The third-order valence-corrected chi connectivity index (χ3v) is 4.47. The van der Waals surface area contributed by atoms with Crippen LogP contribution < -0.4 is 20.9 Å². The average Bonchev–Trinajstić information content (AvgIpc) is 2.75. The summed E-state index contributed by atoms with van der Waals surface area (Å²) in [7, 11) is 0. The second kappa shape index (κ2) is 12.5. The molecule has 0 bridgehead atoms. The van der Waals surface area contributed by atoms with Crippen molar-refractivity contribution in [2.75, 3.05) is 26.3 Å². The Morgan fingerprint density at radius 1 is 0.774 bits per heavy atom. The Labute approximate surface area is 183 Å². The molecule has 2 aromatic carbocycles. The van der Waals surface area contributed by atoms with Gasteiger partial charge in [-0.15, -0.1) is 0 Å². The summed E-state index contributed by atoms with van der Waals surface area (Å²) in [6.07, 6.45) is 6.14. The van der Waals surface area contributed by atoms with E-state index in [1.54, 1.807) is 12.2 Å². The number of quaternary nitrogens is 2. The molecular formula is C25H32N2O4+2. The summed E-state index contributed by atoms with van der Waals surface area (Å²) in [5.74, 6) is 1.14. The standard InChI is InChI=1S/C25H30N2O4/c1-18-15-20(5-9-24(18)30-13-11-26)3-7-22(28)17-23(29)8-4-21-6-10-25(19(2)16-21)31-14-12-27/h3-10,15-16H,11-14,17,26-27H2,1-2H3/p+2/b7-3+,8-4+. The van der Waals surface area contributed by atoms with Crippen molar-refractivity contribution < 1.29 is 30.5 Å². The third kappa shape index (κ3) is 8.20. The van der Waals surface area contributed by atoms with E-state index in [9.17, 15) is 9.59 Å².